The molecule has 1 aliphatic heterocycles. The van der Waals surface area contributed by atoms with Crippen LogP contribution >= 0.6 is 24.0 Å². The Hall–Kier alpha value is -1.31. The molecule has 0 radical (unpaired) electrons. The highest BCUT2D eigenvalue weighted by atomic mass is 127. The Bertz CT molecular complexity index is 561. The van der Waals surface area contributed by atoms with Crippen molar-refractivity contribution >= 4 is 35.8 Å². The molecular weight excluding hydrogens is 403 g/mol. The number of rotatable bonds is 5. The summed E-state index contributed by atoms with van der Waals surface area (Å²) in [4.78, 5) is 20.6. The van der Waals surface area contributed by atoms with Crippen LogP contribution in [0.3, 0.4) is 0 Å². The molecule has 1 amide bonds. The highest BCUT2D eigenvalue weighted by Crippen LogP contribution is 2.25. The van der Waals surface area contributed by atoms with Crippen LogP contribution in [0.1, 0.15) is 36.8 Å². The van der Waals surface area contributed by atoms with Crippen LogP contribution < -0.4 is 5.73 Å². The van der Waals surface area contributed by atoms with Gasteiger partial charge in [-0.15, -0.1) is 24.0 Å². The van der Waals surface area contributed by atoms with E-state index in [1.807, 2.05) is 29.0 Å². The number of amides is 1. The number of benzene rings is 1. The fourth-order valence-corrected chi connectivity index (χ4v) is 2.85. The zero-order chi connectivity index (χ0) is 15.5. The first kappa shape index (κ1) is 18.0. The number of nitrogens with zero attached hydrogens (tertiary/aromatic N) is 3. The highest BCUT2D eigenvalue weighted by molar-refractivity contribution is 14.0. The minimum atomic E-state index is 0. The smallest absolute Gasteiger partial charge is 0.223 e. The molecule has 2 aliphatic rings. The van der Waals surface area contributed by atoms with Gasteiger partial charge in [0, 0.05) is 39.1 Å². The van der Waals surface area contributed by atoms with Gasteiger partial charge in [-0.25, -0.2) is 0 Å². The molecule has 2 N–H and O–H groups in total. The summed E-state index contributed by atoms with van der Waals surface area (Å²) in [5.41, 5.74) is 8.47. The number of halogens is 1. The number of carbonyl (C=O) groups is 1. The minimum absolute atomic E-state index is 0. The van der Waals surface area contributed by atoms with Crippen LogP contribution in [-0.2, 0) is 17.9 Å². The van der Waals surface area contributed by atoms with Crippen LogP contribution in [0.25, 0.3) is 0 Å². The molecule has 1 aromatic rings. The van der Waals surface area contributed by atoms with E-state index in [4.69, 9.17) is 5.73 Å². The van der Waals surface area contributed by atoms with Gasteiger partial charge in [-0.3, -0.25) is 9.79 Å². The number of hydrogen-bond acceptors (Lipinski definition) is 2. The van der Waals surface area contributed by atoms with Gasteiger partial charge in [0.25, 0.3) is 0 Å². The molecule has 1 heterocycles. The molecule has 1 saturated carbocycles. The van der Waals surface area contributed by atoms with Gasteiger partial charge in [0.05, 0.1) is 0 Å². The summed E-state index contributed by atoms with van der Waals surface area (Å²) in [7, 11) is 1.99. The second-order valence-electron chi connectivity index (χ2n) is 6.20. The van der Waals surface area contributed by atoms with Gasteiger partial charge in [-0.05, 0) is 30.4 Å². The first-order chi connectivity index (χ1) is 10.6. The summed E-state index contributed by atoms with van der Waals surface area (Å²) in [6.45, 7) is 2.10. The second kappa shape index (κ2) is 7.99. The summed E-state index contributed by atoms with van der Waals surface area (Å²) in [6, 6.07) is 8.83. The van der Waals surface area contributed by atoms with E-state index in [2.05, 4.69) is 17.1 Å². The monoisotopic (exact) mass is 428 g/mol. The lowest BCUT2D eigenvalue weighted by Crippen LogP contribution is -2.35. The Kier molecular flexibility index (Phi) is 6.26. The molecule has 0 bridgehead atoms. The molecule has 0 unspecified atom stereocenters. The lowest BCUT2D eigenvalue weighted by atomic mass is 10.1. The summed E-state index contributed by atoms with van der Waals surface area (Å²) in [6.07, 6.45) is 3.71. The number of fused-ring (bicyclic) bond motifs is 1. The molecule has 1 aromatic carbocycles. The van der Waals surface area contributed by atoms with Gasteiger partial charge < -0.3 is 15.5 Å². The van der Waals surface area contributed by atoms with E-state index < -0.39 is 0 Å². The maximum absolute atomic E-state index is 12.2. The topological polar surface area (TPSA) is 61.9 Å². The molecule has 0 spiro atoms. The Morgan fingerprint density at radius 2 is 1.91 bits per heavy atom. The largest absolute Gasteiger partial charge is 0.370 e. The molecule has 1 fully saturated rings. The maximum atomic E-state index is 12.2. The van der Waals surface area contributed by atoms with E-state index in [1.165, 1.54) is 24.0 Å². The van der Waals surface area contributed by atoms with Crippen LogP contribution in [-0.4, -0.2) is 41.3 Å². The standard InChI is InChI=1S/C17H24N4O.HI/c1-20(15-8-9-15)17(18)19-10-4-7-16(22)21-11-13-5-2-3-6-14(13)12-21;/h2-3,5-6,15H,4,7-12H2,1H3,(H2,18,19);1H. The average Bonchev–Trinajstić information content (AvgIpc) is 3.28. The van der Waals surface area contributed by atoms with E-state index in [0.717, 1.165) is 19.5 Å². The molecule has 126 valence electrons. The van der Waals surface area contributed by atoms with Crippen LogP contribution in [0, 0.1) is 0 Å². The second-order valence-corrected chi connectivity index (χ2v) is 6.20. The van der Waals surface area contributed by atoms with Gasteiger partial charge >= 0.3 is 0 Å². The third-order valence-corrected chi connectivity index (χ3v) is 4.47. The van der Waals surface area contributed by atoms with Crippen LogP contribution in [0.4, 0.5) is 0 Å². The van der Waals surface area contributed by atoms with E-state index >= 15 is 0 Å². The lowest BCUT2D eigenvalue weighted by Gasteiger charge is -2.17. The van der Waals surface area contributed by atoms with Gasteiger partial charge in [0.2, 0.25) is 5.91 Å². The van der Waals surface area contributed by atoms with Crippen molar-refractivity contribution in [1.29, 1.82) is 0 Å². The Balaban J connectivity index is 0.00000192. The molecular formula is C17H25IN4O. The van der Waals surface area contributed by atoms with Crippen LogP contribution in [0.15, 0.2) is 29.3 Å². The number of carbonyl (C=O) groups excluding carboxylic acids is 1. The lowest BCUT2D eigenvalue weighted by molar-refractivity contribution is -0.131. The van der Waals surface area contributed by atoms with Gasteiger partial charge in [-0.1, -0.05) is 24.3 Å². The Morgan fingerprint density at radius 1 is 1.30 bits per heavy atom. The molecule has 3 rings (SSSR count). The molecule has 0 aromatic heterocycles. The Morgan fingerprint density at radius 3 is 2.48 bits per heavy atom. The quantitative estimate of drug-likeness (QED) is 0.339. The molecule has 6 heteroatoms. The third-order valence-electron chi connectivity index (χ3n) is 4.47. The summed E-state index contributed by atoms with van der Waals surface area (Å²) < 4.78 is 0. The van der Waals surface area contributed by atoms with Crippen molar-refractivity contribution < 1.29 is 4.79 Å². The predicted octanol–water partition coefficient (Wildman–Crippen LogP) is 2.34. The van der Waals surface area contributed by atoms with Crippen molar-refractivity contribution in [1.82, 2.24) is 9.80 Å². The van der Waals surface area contributed by atoms with E-state index in [0.29, 0.717) is 25.0 Å². The zero-order valence-corrected chi connectivity index (χ0v) is 15.9. The van der Waals surface area contributed by atoms with Crippen molar-refractivity contribution in [3.8, 4) is 0 Å². The predicted molar refractivity (Wildman–Crippen MR) is 103 cm³/mol. The summed E-state index contributed by atoms with van der Waals surface area (Å²) in [5.74, 6) is 0.809. The van der Waals surface area contributed by atoms with Crippen molar-refractivity contribution in [3.63, 3.8) is 0 Å². The van der Waals surface area contributed by atoms with Gasteiger partial charge in [-0.2, -0.15) is 0 Å². The first-order valence-electron chi connectivity index (χ1n) is 8.02. The molecule has 1 aliphatic carbocycles. The Labute approximate surface area is 154 Å². The van der Waals surface area contributed by atoms with E-state index in [9.17, 15) is 4.79 Å². The SMILES string of the molecule is CN(C(N)=NCCCC(=O)N1Cc2ccccc2C1)C1CC1.I. The molecule has 0 atom stereocenters. The first-order valence-corrected chi connectivity index (χ1v) is 8.02. The van der Waals surface area contributed by atoms with Crippen molar-refractivity contribution in [2.24, 2.45) is 10.7 Å². The minimum Gasteiger partial charge on any atom is -0.370 e. The molecule has 5 nitrogen and oxygen atoms in total. The average molecular weight is 428 g/mol. The normalized spacial score (nSPS) is 16.7. The molecule has 23 heavy (non-hydrogen) atoms. The number of hydrogen-bond donors (Lipinski definition) is 1. The van der Waals surface area contributed by atoms with E-state index in [-0.39, 0.29) is 29.9 Å². The van der Waals surface area contributed by atoms with Gasteiger partial charge in [0.15, 0.2) is 5.96 Å². The number of nitrogens with two attached hydrogens (primary N) is 1. The van der Waals surface area contributed by atoms with Crippen LogP contribution in [0.5, 0.6) is 0 Å². The maximum Gasteiger partial charge on any atom is 0.223 e. The fourth-order valence-electron chi connectivity index (χ4n) is 2.85. The molecule has 0 saturated heterocycles. The number of guanidine groups is 1. The fraction of sp³-hybridized carbons (Fsp3) is 0.529. The van der Waals surface area contributed by atoms with Crippen molar-refractivity contribution in [2.75, 3.05) is 13.6 Å². The zero-order valence-electron chi connectivity index (χ0n) is 13.6. The van der Waals surface area contributed by atoms with Crippen LogP contribution in [0.2, 0.25) is 0 Å². The van der Waals surface area contributed by atoms with Crippen molar-refractivity contribution in [3.05, 3.63) is 35.4 Å². The highest BCUT2D eigenvalue weighted by Gasteiger charge is 2.27. The van der Waals surface area contributed by atoms with Crippen molar-refractivity contribution in [2.45, 2.75) is 44.8 Å². The third kappa shape index (κ3) is 4.59. The van der Waals surface area contributed by atoms with E-state index in [1.54, 1.807) is 0 Å². The van der Waals surface area contributed by atoms with Gasteiger partial charge in [0.1, 0.15) is 0 Å². The summed E-state index contributed by atoms with van der Waals surface area (Å²) in [5, 5.41) is 0. The summed E-state index contributed by atoms with van der Waals surface area (Å²) >= 11 is 0. The number of aliphatic imine (C=N–C) groups is 1.